The fraction of sp³-hybridized carbons (Fsp3) is 0. The number of benzene rings is 2. The molecule has 1 aliphatic rings. The van der Waals surface area contributed by atoms with Gasteiger partial charge in [-0.15, -0.1) is 0 Å². The van der Waals surface area contributed by atoms with E-state index in [1.165, 1.54) is 24.3 Å². The number of carbonyl (C=O) groups is 1. The molecule has 0 N–H and O–H groups in total. The van der Waals surface area contributed by atoms with E-state index in [-0.39, 0.29) is 11.5 Å². The first kappa shape index (κ1) is 12.0. The van der Waals surface area contributed by atoms with E-state index in [2.05, 4.69) is 15.9 Å². The lowest BCUT2D eigenvalue weighted by atomic mass is 10.0. The molecule has 0 fully saturated rings. The molecule has 1 heterocycles. The van der Waals surface area contributed by atoms with Gasteiger partial charge in [-0.25, -0.2) is 4.39 Å². The molecule has 0 saturated carbocycles. The minimum absolute atomic E-state index is 0.0214. The van der Waals surface area contributed by atoms with Gasteiger partial charge in [0.1, 0.15) is 11.4 Å². The molecule has 0 spiro atoms. The maximum Gasteiger partial charge on any atom is 0.272 e. The van der Waals surface area contributed by atoms with E-state index in [0.29, 0.717) is 21.6 Å². The van der Waals surface area contributed by atoms with E-state index in [0.717, 1.165) is 4.47 Å². The van der Waals surface area contributed by atoms with Gasteiger partial charge in [0.15, 0.2) is 0 Å². The summed E-state index contributed by atoms with van der Waals surface area (Å²) in [4.78, 5) is 12.3. The third-order valence-corrected chi connectivity index (χ3v) is 3.45. The standard InChI is InChI=1S/C14H7BrFNO2/c15-9-3-6-12-11(7-9)14(18)13(17(12)19)8-1-4-10(16)5-2-8/h1-7H. The van der Waals surface area contributed by atoms with Gasteiger partial charge in [-0.1, -0.05) is 15.9 Å². The molecule has 0 aliphatic carbocycles. The maximum atomic E-state index is 12.9. The summed E-state index contributed by atoms with van der Waals surface area (Å²) < 4.78 is 14.2. The Hall–Kier alpha value is -2.01. The number of nitrogens with zero attached hydrogens (tertiary/aromatic N) is 1. The van der Waals surface area contributed by atoms with Crippen molar-refractivity contribution < 1.29 is 13.9 Å². The van der Waals surface area contributed by atoms with E-state index in [9.17, 15) is 14.4 Å². The lowest BCUT2D eigenvalue weighted by molar-refractivity contribution is -0.355. The molecular weight excluding hydrogens is 313 g/mol. The highest BCUT2D eigenvalue weighted by Gasteiger charge is 2.36. The Morgan fingerprint density at radius 3 is 2.47 bits per heavy atom. The van der Waals surface area contributed by atoms with Gasteiger partial charge in [-0.05, 0) is 36.4 Å². The molecule has 19 heavy (non-hydrogen) atoms. The second kappa shape index (κ2) is 4.28. The lowest BCUT2D eigenvalue weighted by Gasteiger charge is -2.01. The summed E-state index contributed by atoms with van der Waals surface area (Å²) >= 11 is 3.27. The molecule has 2 aromatic carbocycles. The van der Waals surface area contributed by atoms with Gasteiger partial charge in [0.2, 0.25) is 5.69 Å². The third-order valence-electron chi connectivity index (χ3n) is 2.96. The fourth-order valence-electron chi connectivity index (χ4n) is 2.06. The Balaban J connectivity index is 2.17. The van der Waals surface area contributed by atoms with Gasteiger partial charge < -0.3 is 5.21 Å². The molecule has 0 unspecified atom stereocenters. The molecule has 0 atom stereocenters. The molecule has 5 heteroatoms. The van der Waals surface area contributed by atoms with Crippen molar-refractivity contribution in [3.63, 3.8) is 0 Å². The zero-order valence-corrected chi connectivity index (χ0v) is 11.1. The Labute approximate surface area is 116 Å². The minimum atomic E-state index is -0.410. The lowest BCUT2D eigenvalue weighted by Crippen LogP contribution is -2.16. The van der Waals surface area contributed by atoms with Crippen LogP contribution in [-0.4, -0.2) is 16.2 Å². The molecular formula is C14H7BrFNO2. The van der Waals surface area contributed by atoms with Crippen molar-refractivity contribution in [1.82, 2.24) is 0 Å². The van der Waals surface area contributed by atoms with Crippen molar-refractivity contribution in [2.45, 2.75) is 0 Å². The third kappa shape index (κ3) is 1.86. The van der Waals surface area contributed by atoms with Gasteiger partial charge >= 0.3 is 0 Å². The summed E-state index contributed by atoms with van der Waals surface area (Å²) in [5.74, 6) is -0.759. The summed E-state index contributed by atoms with van der Waals surface area (Å²) in [5, 5.41) is 12.2. The van der Waals surface area contributed by atoms with Crippen molar-refractivity contribution in [3.8, 4) is 0 Å². The van der Waals surface area contributed by atoms with Gasteiger partial charge in [0.05, 0.1) is 5.56 Å². The van der Waals surface area contributed by atoms with Crippen LogP contribution in [0.15, 0.2) is 46.9 Å². The largest absolute Gasteiger partial charge is 0.618 e. The normalized spacial score (nSPS) is 13.9. The van der Waals surface area contributed by atoms with Crippen LogP contribution in [0.2, 0.25) is 0 Å². The number of ketones is 1. The zero-order chi connectivity index (χ0) is 13.6. The van der Waals surface area contributed by atoms with Crippen molar-refractivity contribution in [1.29, 1.82) is 0 Å². The molecule has 0 bridgehead atoms. The highest BCUT2D eigenvalue weighted by atomic mass is 79.9. The van der Waals surface area contributed by atoms with E-state index < -0.39 is 5.82 Å². The molecule has 0 amide bonds. The van der Waals surface area contributed by atoms with E-state index in [1.807, 2.05) is 0 Å². The SMILES string of the molecule is O=C1C(c2ccc(F)cc2)=[N+]([O-])c2ccc(Br)cc21. The predicted octanol–water partition coefficient (Wildman–Crippen LogP) is 3.42. The monoisotopic (exact) mass is 319 g/mol. The molecule has 2 aromatic rings. The molecule has 94 valence electrons. The fourth-order valence-corrected chi connectivity index (χ4v) is 2.42. The van der Waals surface area contributed by atoms with Crippen molar-refractivity contribution in [2.24, 2.45) is 0 Å². The van der Waals surface area contributed by atoms with Crippen molar-refractivity contribution in [2.75, 3.05) is 0 Å². The van der Waals surface area contributed by atoms with Crippen LogP contribution >= 0.6 is 15.9 Å². The first-order chi connectivity index (χ1) is 9.08. The second-order valence-corrected chi connectivity index (χ2v) is 5.06. The Morgan fingerprint density at radius 2 is 1.79 bits per heavy atom. The number of hydrogen-bond donors (Lipinski definition) is 0. The average Bonchev–Trinajstić information content (AvgIpc) is 2.63. The Bertz CT molecular complexity index is 723. The number of halogens is 2. The van der Waals surface area contributed by atoms with Gasteiger partial charge in [-0.3, -0.25) is 4.79 Å². The minimum Gasteiger partial charge on any atom is -0.618 e. The van der Waals surface area contributed by atoms with Crippen LogP contribution in [0.1, 0.15) is 15.9 Å². The average molecular weight is 320 g/mol. The Kier molecular flexibility index (Phi) is 2.71. The maximum absolute atomic E-state index is 12.9. The summed E-state index contributed by atoms with van der Waals surface area (Å²) in [6, 6.07) is 10.2. The molecule has 0 saturated heterocycles. The van der Waals surface area contributed by atoms with E-state index >= 15 is 0 Å². The quantitative estimate of drug-likeness (QED) is 0.597. The van der Waals surface area contributed by atoms with Crippen LogP contribution in [0.25, 0.3) is 0 Å². The summed E-state index contributed by atoms with van der Waals surface area (Å²) in [7, 11) is 0. The number of fused-ring (bicyclic) bond motifs is 1. The summed E-state index contributed by atoms with van der Waals surface area (Å²) in [5.41, 5.74) is 1.10. The summed E-state index contributed by atoms with van der Waals surface area (Å²) in [6.07, 6.45) is 0. The number of hydrogen-bond acceptors (Lipinski definition) is 2. The molecule has 0 aromatic heterocycles. The topological polar surface area (TPSA) is 43.1 Å². The van der Waals surface area contributed by atoms with Crippen LogP contribution in [0.5, 0.6) is 0 Å². The first-order valence-corrected chi connectivity index (χ1v) is 6.31. The van der Waals surface area contributed by atoms with Gasteiger partial charge in [0.25, 0.3) is 11.5 Å². The number of Topliss-reactive ketones (excluding diaryl/α,β-unsaturated/α-hetero) is 1. The Morgan fingerprint density at radius 1 is 1.11 bits per heavy atom. The highest BCUT2D eigenvalue weighted by molar-refractivity contribution is 9.10. The summed E-state index contributed by atoms with van der Waals surface area (Å²) in [6.45, 7) is 0. The van der Waals surface area contributed by atoms with Crippen LogP contribution in [0, 0.1) is 11.0 Å². The van der Waals surface area contributed by atoms with Gasteiger partial charge in [-0.2, -0.15) is 4.74 Å². The van der Waals surface area contributed by atoms with Crippen LogP contribution in [-0.2, 0) is 0 Å². The molecule has 3 rings (SSSR count). The zero-order valence-electron chi connectivity index (χ0n) is 9.56. The number of carbonyl (C=O) groups excluding carboxylic acids is 1. The first-order valence-electron chi connectivity index (χ1n) is 5.52. The molecule has 3 nitrogen and oxygen atoms in total. The van der Waals surface area contributed by atoms with Crippen LogP contribution in [0.3, 0.4) is 0 Å². The van der Waals surface area contributed by atoms with Crippen LogP contribution < -0.4 is 0 Å². The predicted molar refractivity (Wildman–Crippen MR) is 72.3 cm³/mol. The second-order valence-electron chi connectivity index (χ2n) is 4.14. The van der Waals surface area contributed by atoms with E-state index in [1.54, 1.807) is 18.2 Å². The van der Waals surface area contributed by atoms with Crippen molar-refractivity contribution >= 4 is 33.1 Å². The van der Waals surface area contributed by atoms with E-state index in [4.69, 9.17) is 0 Å². The highest BCUT2D eigenvalue weighted by Crippen LogP contribution is 2.30. The smallest absolute Gasteiger partial charge is 0.272 e. The van der Waals surface area contributed by atoms with Crippen molar-refractivity contribution in [3.05, 3.63) is 69.1 Å². The van der Waals surface area contributed by atoms with Gasteiger partial charge in [0, 0.05) is 10.5 Å². The molecule has 0 radical (unpaired) electrons. The molecule has 1 aliphatic heterocycles. The number of rotatable bonds is 1. The van der Waals surface area contributed by atoms with Crippen LogP contribution in [0.4, 0.5) is 10.1 Å².